The predicted octanol–water partition coefficient (Wildman–Crippen LogP) is 4.25. The van der Waals surface area contributed by atoms with Crippen molar-refractivity contribution in [3.63, 3.8) is 0 Å². The van der Waals surface area contributed by atoms with Crippen LogP contribution in [-0.4, -0.2) is 61.3 Å². The van der Waals surface area contributed by atoms with Crippen LogP contribution in [-0.2, 0) is 9.53 Å². The van der Waals surface area contributed by atoms with Gasteiger partial charge >= 0.3 is 0 Å². The fraction of sp³-hybridized carbons (Fsp3) is 0.967. The number of rotatable bonds is 6. The van der Waals surface area contributed by atoms with E-state index in [4.69, 9.17) is 4.74 Å². The second-order valence-corrected chi connectivity index (χ2v) is 14.8. The molecule has 11 unspecified atom stereocenters. The van der Waals surface area contributed by atoms with Gasteiger partial charge < -0.3 is 25.2 Å². The average molecular weight is 509 g/mol. The van der Waals surface area contributed by atoms with Gasteiger partial charge in [0.05, 0.1) is 17.8 Å². The Hall–Kier alpha value is -0.530. The molecular weight excluding hydrogens is 456 g/mol. The summed E-state index contributed by atoms with van der Waals surface area (Å²) in [4.78, 5) is 12.9. The maximum Gasteiger partial charge on any atom is 0.138 e. The molecule has 4 fully saturated rings. The van der Waals surface area contributed by atoms with Crippen molar-refractivity contribution in [2.75, 3.05) is 0 Å². The minimum Gasteiger partial charge on any atom is -0.393 e. The quantitative estimate of drug-likeness (QED) is 0.399. The van der Waals surface area contributed by atoms with Crippen LogP contribution in [0.1, 0.15) is 107 Å². The van der Waals surface area contributed by atoms with Gasteiger partial charge in [0.25, 0.3) is 0 Å². The van der Waals surface area contributed by atoms with Gasteiger partial charge in [0.2, 0.25) is 0 Å². The van der Waals surface area contributed by atoms with E-state index >= 15 is 0 Å². The number of epoxide rings is 1. The number of aliphatic hydroxyl groups excluding tert-OH is 3. The number of hydrogen-bond acceptors (Lipinski definition) is 6. The molecule has 0 aromatic rings. The maximum atomic E-state index is 12.9. The fourth-order valence-corrected chi connectivity index (χ4v) is 10.2. The van der Waals surface area contributed by atoms with Crippen molar-refractivity contribution in [2.24, 2.45) is 39.9 Å². The van der Waals surface area contributed by atoms with Gasteiger partial charge in [0.15, 0.2) is 0 Å². The molecule has 0 radical (unpaired) electrons. The molecule has 3 aliphatic carbocycles. The lowest BCUT2D eigenvalue weighted by atomic mass is 9.37. The van der Waals surface area contributed by atoms with Gasteiger partial charge in [-0.25, -0.2) is 0 Å². The average Bonchev–Trinajstić information content (AvgIpc) is 3.42. The highest BCUT2D eigenvalue weighted by Crippen LogP contribution is 2.75. The molecule has 4 aliphatic rings. The van der Waals surface area contributed by atoms with E-state index in [1.165, 1.54) is 13.8 Å². The highest BCUT2D eigenvalue weighted by atomic mass is 16.6. The van der Waals surface area contributed by atoms with Crippen LogP contribution < -0.4 is 0 Å². The Bertz CT molecular complexity index is 879. The van der Waals surface area contributed by atoms with Gasteiger partial charge in [-0.15, -0.1) is 0 Å². The third-order valence-electron chi connectivity index (χ3n) is 12.3. The van der Waals surface area contributed by atoms with Crippen LogP contribution in [0.25, 0.3) is 0 Å². The molecule has 4 N–H and O–H groups in total. The van der Waals surface area contributed by atoms with Gasteiger partial charge in [-0.3, -0.25) is 4.79 Å². The Balaban J connectivity index is 1.63. The zero-order valence-electron chi connectivity index (χ0n) is 24.1. The molecule has 6 nitrogen and oxygen atoms in total. The third-order valence-corrected chi connectivity index (χ3v) is 12.3. The molecule has 0 aromatic carbocycles. The summed E-state index contributed by atoms with van der Waals surface area (Å²) in [6.45, 7) is 18.4. The van der Waals surface area contributed by atoms with Crippen LogP contribution in [0.2, 0.25) is 0 Å². The third kappa shape index (κ3) is 3.64. The van der Waals surface area contributed by atoms with Gasteiger partial charge in [-0.1, -0.05) is 48.5 Å². The van der Waals surface area contributed by atoms with E-state index in [2.05, 4.69) is 48.5 Å². The molecule has 6 heteroatoms. The number of fused-ring (bicyclic) bond motifs is 3. The van der Waals surface area contributed by atoms with Gasteiger partial charge in [-0.2, -0.15) is 0 Å². The zero-order chi connectivity index (χ0) is 27.3. The van der Waals surface area contributed by atoms with E-state index in [0.717, 1.165) is 25.7 Å². The fourth-order valence-electron chi connectivity index (χ4n) is 10.2. The Kier molecular flexibility index (Phi) is 6.71. The molecule has 1 aliphatic heterocycles. The van der Waals surface area contributed by atoms with Crippen LogP contribution in [0, 0.1) is 39.9 Å². The van der Waals surface area contributed by atoms with Crippen molar-refractivity contribution in [3.8, 4) is 0 Å². The maximum absolute atomic E-state index is 12.9. The number of aliphatic hydroxyl groups is 4. The van der Waals surface area contributed by atoms with Crippen molar-refractivity contribution in [1.29, 1.82) is 0 Å². The van der Waals surface area contributed by atoms with E-state index in [0.29, 0.717) is 25.0 Å². The zero-order valence-corrected chi connectivity index (χ0v) is 24.1. The normalized spacial score (nSPS) is 48.6. The molecule has 1 saturated heterocycles. The second kappa shape index (κ2) is 8.48. The number of hydrogen-bond donors (Lipinski definition) is 4. The number of carbonyl (C=O) groups excluding carboxylic acids is 1. The Morgan fingerprint density at radius 1 is 1.11 bits per heavy atom. The highest BCUT2D eigenvalue weighted by Gasteiger charge is 2.80. The highest BCUT2D eigenvalue weighted by molar-refractivity contribution is 5.85. The molecule has 36 heavy (non-hydrogen) atoms. The largest absolute Gasteiger partial charge is 0.393 e. The molecule has 0 aromatic heterocycles. The molecule has 1 spiro atoms. The Morgan fingerprint density at radius 3 is 2.28 bits per heavy atom. The lowest BCUT2D eigenvalue weighted by Gasteiger charge is -2.67. The van der Waals surface area contributed by atoms with Crippen molar-refractivity contribution in [1.82, 2.24) is 0 Å². The van der Waals surface area contributed by atoms with Crippen LogP contribution in [0.4, 0.5) is 0 Å². The molecule has 3 saturated carbocycles. The van der Waals surface area contributed by atoms with Crippen molar-refractivity contribution in [2.45, 2.75) is 142 Å². The first kappa shape index (κ1) is 28.5. The van der Waals surface area contributed by atoms with Crippen LogP contribution >= 0.6 is 0 Å². The summed E-state index contributed by atoms with van der Waals surface area (Å²) in [6, 6.07) is 0. The smallest absolute Gasteiger partial charge is 0.138 e. The molecule has 208 valence electrons. The predicted molar refractivity (Wildman–Crippen MR) is 139 cm³/mol. The molecular formula is C30H52O6. The number of carbonyl (C=O) groups is 1. The topological polar surface area (TPSA) is 111 Å². The Morgan fingerprint density at radius 2 is 1.72 bits per heavy atom. The van der Waals surface area contributed by atoms with Crippen LogP contribution in [0.3, 0.4) is 0 Å². The second-order valence-electron chi connectivity index (χ2n) is 14.8. The molecule has 0 bridgehead atoms. The summed E-state index contributed by atoms with van der Waals surface area (Å²) in [6.07, 6.45) is 2.20. The first-order chi connectivity index (χ1) is 16.3. The van der Waals surface area contributed by atoms with Crippen molar-refractivity contribution < 1.29 is 30.0 Å². The lowest BCUT2D eigenvalue weighted by molar-refractivity contribution is -0.213. The van der Waals surface area contributed by atoms with Gasteiger partial charge in [0, 0.05) is 18.3 Å². The molecule has 4 rings (SSSR count). The molecule has 11 atom stereocenters. The summed E-state index contributed by atoms with van der Waals surface area (Å²) in [5, 5.41) is 43.3. The summed E-state index contributed by atoms with van der Waals surface area (Å²) in [5.74, 6) is 0.889. The van der Waals surface area contributed by atoms with Crippen molar-refractivity contribution >= 4 is 5.78 Å². The van der Waals surface area contributed by atoms with Gasteiger partial charge in [-0.05, 0) is 80.5 Å². The van der Waals surface area contributed by atoms with E-state index in [1.54, 1.807) is 0 Å². The summed E-state index contributed by atoms with van der Waals surface area (Å²) in [5.41, 5.74) is -2.93. The molecule has 1 heterocycles. The van der Waals surface area contributed by atoms with E-state index in [-0.39, 0.29) is 39.9 Å². The number of Topliss-reactive ketones (excluding diaryl/α,β-unsaturated/α-hetero) is 1. The standard InChI is InChI=1S/C30H52O6/c1-10-29(17(2)15-19(31)24(34)26(6,7)35)30(36-29)16-20(32)23-27(8,18(30)3)13-11-21-25(4,5)22(33)12-14-28(21,23)9/h17-21,23-24,31-32,34-35H,10-16H2,1-9H3. The van der Waals surface area contributed by atoms with E-state index in [1.807, 2.05) is 0 Å². The first-order valence-corrected chi connectivity index (χ1v) is 14.3. The number of ether oxygens (including phenoxy) is 1. The lowest BCUT2D eigenvalue weighted by Crippen LogP contribution is -2.66. The summed E-state index contributed by atoms with van der Waals surface area (Å²) >= 11 is 0. The minimum absolute atomic E-state index is 0.0533. The summed E-state index contributed by atoms with van der Waals surface area (Å²) < 4.78 is 6.76. The van der Waals surface area contributed by atoms with E-state index in [9.17, 15) is 25.2 Å². The van der Waals surface area contributed by atoms with E-state index < -0.39 is 35.1 Å². The SMILES string of the molecule is CCC1(C(C)CC(O)C(O)C(C)(C)O)OC12CC(O)C1C3(C)CCC(=O)C(C)(C)C3CCC1(C)C2C. The summed E-state index contributed by atoms with van der Waals surface area (Å²) in [7, 11) is 0. The number of ketones is 1. The Labute approximate surface area is 218 Å². The van der Waals surface area contributed by atoms with Gasteiger partial charge in [0.1, 0.15) is 23.1 Å². The van der Waals surface area contributed by atoms with Crippen LogP contribution in [0.5, 0.6) is 0 Å². The first-order valence-electron chi connectivity index (χ1n) is 14.3. The monoisotopic (exact) mass is 508 g/mol. The van der Waals surface area contributed by atoms with Crippen LogP contribution in [0.15, 0.2) is 0 Å². The molecule has 0 amide bonds. The van der Waals surface area contributed by atoms with Crippen molar-refractivity contribution in [3.05, 3.63) is 0 Å². The minimum atomic E-state index is -1.39.